The summed E-state index contributed by atoms with van der Waals surface area (Å²) in [5.41, 5.74) is 5.73. The molecular formula is C7H14N4OS. The fourth-order valence-electron chi connectivity index (χ4n) is 1.11. The summed E-state index contributed by atoms with van der Waals surface area (Å²) in [6.07, 6.45) is -0.629. The van der Waals surface area contributed by atoms with Gasteiger partial charge in [0.15, 0.2) is 10.6 Å². The third-order valence-electron chi connectivity index (χ3n) is 1.92. The Morgan fingerprint density at radius 2 is 2.38 bits per heavy atom. The van der Waals surface area contributed by atoms with Crippen LogP contribution in [0.25, 0.3) is 0 Å². The molecule has 0 unspecified atom stereocenters. The third kappa shape index (κ3) is 1.96. The van der Waals surface area contributed by atoms with Gasteiger partial charge in [0, 0.05) is 6.54 Å². The van der Waals surface area contributed by atoms with Crippen LogP contribution in [0.2, 0.25) is 0 Å². The molecule has 4 N–H and O–H groups in total. The summed E-state index contributed by atoms with van der Waals surface area (Å²) in [7, 11) is 0. The van der Waals surface area contributed by atoms with Gasteiger partial charge in [-0.05, 0) is 26.1 Å². The lowest BCUT2D eigenvalue weighted by molar-refractivity contribution is 0.158. The largest absolute Gasteiger partial charge is 0.391 e. The number of hydrogen-bond acceptors (Lipinski definition) is 4. The third-order valence-corrected chi connectivity index (χ3v) is 2.23. The first-order valence-corrected chi connectivity index (χ1v) is 4.57. The fourth-order valence-corrected chi connectivity index (χ4v) is 1.37. The first-order valence-electron chi connectivity index (χ1n) is 4.16. The van der Waals surface area contributed by atoms with Crippen molar-refractivity contribution in [1.29, 1.82) is 0 Å². The van der Waals surface area contributed by atoms with Gasteiger partial charge in [0.2, 0.25) is 0 Å². The zero-order chi connectivity index (χ0) is 10.0. The standard InChI is InChI=1S/C7H14N4OS/c1-3-11-6(5(8)4(2)12)9-10-7(11)13/h4-5,12H,3,8H2,1-2H3,(H,10,13)/t4-,5-/m0/s1. The molecule has 0 aliphatic heterocycles. The summed E-state index contributed by atoms with van der Waals surface area (Å²) >= 11 is 4.99. The Labute approximate surface area is 81.6 Å². The lowest BCUT2D eigenvalue weighted by atomic mass is 10.2. The molecule has 0 saturated heterocycles. The fraction of sp³-hybridized carbons (Fsp3) is 0.714. The molecule has 1 rings (SSSR count). The molecule has 13 heavy (non-hydrogen) atoms. The molecule has 1 aromatic rings. The van der Waals surface area contributed by atoms with E-state index in [1.54, 1.807) is 11.5 Å². The number of nitrogens with one attached hydrogen (secondary N) is 1. The monoisotopic (exact) mass is 202 g/mol. The van der Waals surface area contributed by atoms with Crippen molar-refractivity contribution in [2.45, 2.75) is 32.5 Å². The van der Waals surface area contributed by atoms with Crippen molar-refractivity contribution in [2.24, 2.45) is 5.73 Å². The highest BCUT2D eigenvalue weighted by molar-refractivity contribution is 7.71. The minimum atomic E-state index is -0.629. The highest BCUT2D eigenvalue weighted by Gasteiger charge is 2.18. The van der Waals surface area contributed by atoms with E-state index in [4.69, 9.17) is 18.0 Å². The van der Waals surface area contributed by atoms with E-state index in [1.165, 1.54) is 0 Å². The van der Waals surface area contributed by atoms with E-state index in [9.17, 15) is 5.11 Å². The molecule has 2 atom stereocenters. The van der Waals surface area contributed by atoms with Crippen molar-refractivity contribution < 1.29 is 5.11 Å². The van der Waals surface area contributed by atoms with Crippen molar-refractivity contribution in [3.63, 3.8) is 0 Å². The van der Waals surface area contributed by atoms with Crippen LogP contribution in [0, 0.1) is 4.77 Å². The van der Waals surface area contributed by atoms with Crippen molar-refractivity contribution in [3.05, 3.63) is 10.6 Å². The molecule has 1 heterocycles. The normalized spacial score (nSPS) is 15.7. The minimum absolute atomic E-state index is 0.493. The molecule has 74 valence electrons. The van der Waals surface area contributed by atoms with E-state index in [0.29, 0.717) is 17.1 Å². The Bertz CT molecular complexity index is 329. The Kier molecular flexibility index (Phi) is 3.18. The summed E-state index contributed by atoms with van der Waals surface area (Å²) in [4.78, 5) is 0. The minimum Gasteiger partial charge on any atom is -0.391 e. The van der Waals surface area contributed by atoms with Gasteiger partial charge in [-0.15, -0.1) is 0 Å². The molecule has 5 nitrogen and oxygen atoms in total. The Morgan fingerprint density at radius 3 is 2.85 bits per heavy atom. The van der Waals surface area contributed by atoms with Crippen LogP contribution in [0.5, 0.6) is 0 Å². The Morgan fingerprint density at radius 1 is 1.77 bits per heavy atom. The van der Waals surface area contributed by atoms with Crippen LogP contribution in [0.3, 0.4) is 0 Å². The zero-order valence-corrected chi connectivity index (χ0v) is 8.51. The lowest BCUT2D eigenvalue weighted by Crippen LogP contribution is -2.26. The second kappa shape index (κ2) is 3.99. The van der Waals surface area contributed by atoms with Crippen LogP contribution >= 0.6 is 12.2 Å². The van der Waals surface area contributed by atoms with E-state index < -0.39 is 12.1 Å². The number of hydrogen-bond donors (Lipinski definition) is 3. The van der Waals surface area contributed by atoms with Gasteiger partial charge < -0.3 is 15.4 Å². The number of H-pyrrole nitrogens is 1. The Hall–Kier alpha value is -0.720. The molecular weight excluding hydrogens is 188 g/mol. The van der Waals surface area contributed by atoms with Crippen molar-refractivity contribution in [2.75, 3.05) is 0 Å². The van der Waals surface area contributed by atoms with E-state index in [-0.39, 0.29) is 0 Å². The number of aliphatic hydroxyl groups is 1. The number of aliphatic hydroxyl groups excluding tert-OH is 1. The summed E-state index contributed by atoms with van der Waals surface area (Å²) in [6.45, 7) is 4.27. The summed E-state index contributed by atoms with van der Waals surface area (Å²) in [5, 5.41) is 15.9. The van der Waals surface area contributed by atoms with Crippen molar-refractivity contribution in [1.82, 2.24) is 14.8 Å². The summed E-state index contributed by atoms with van der Waals surface area (Å²) < 4.78 is 2.31. The highest BCUT2D eigenvalue weighted by Crippen LogP contribution is 2.11. The molecule has 0 fully saturated rings. The van der Waals surface area contributed by atoms with Gasteiger partial charge in [-0.1, -0.05) is 0 Å². The number of rotatable bonds is 3. The molecule has 0 saturated carbocycles. The Balaban J connectivity index is 3.07. The van der Waals surface area contributed by atoms with Gasteiger partial charge in [0.1, 0.15) is 0 Å². The van der Waals surface area contributed by atoms with Crippen LogP contribution in [-0.2, 0) is 6.54 Å². The first kappa shape index (κ1) is 10.4. The molecule has 0 bridgehead atoms. The first-order chi connectivity index (χ1) is 6.07. The molecule has 0 aliphatic carbocycles. The van der Waals surface area contributed by atoms with Gasteiger partial charge in [0.05, 0.1) is 12.1 Å². The SMILES string of the molecule is CCn1c([C@@H](N)[C@H](C)O)n[nH]c1=S. The van der Waals surface area contributed by atoms with Gasteiger partial charge >= 0.3 is 0 Å². The molecule has 0 spiro atoms. The number of nitrogens with zero attached hydrogens (tertiary/aromatic N) is 2. The van der Waals surface area contributed by atoms with E-state index >= 15 is 0 Å². The topological polar surface area (TPSA) is 79.9 Å². The highest BCUT2D eigenvalue weighted by atomic mass is 32.1. The number of nitrogens with two attached hydrogens (primary N) is 1. The number of aromatic amines is 1. The molecule has 6 heteroatoms. The average molecular weight is 202 g/mol. The lowest BCUT2D eigenvalue weighted by Gasteiger charge is -2.14. The average Bonchev–Trinajstić information content (AvgIpc) is 2.45. The molecule has 1 aromatic heterocycles. The van der Waals surface area contributed by atoms with E-state index in [0.717, 1.165) is 0 Å². The van der Waals surface area contributed by atoms with E-state index in [1.807, 2.05) is 6.92 Å². The van der Waals surface area contributed by atoms with Gasteiger partial charge in [-0.3, -0.25) is 5.10 Å². The van der Waals surface area contributed by atoms with Crippen LogP contribution in [0.15, 0.2) is 0 Å². The van der Waals surface area contributed by atoms with Crippen LogP contribution in [-0.4, -0.2) is 26.0 Å². The second-order valence-electron chi connectivity index (χ2n) is 2.90. The molecule has 0 amide bonds. The number of aromatic nitrogens is 3. The zero-order valence-electron chi connectivity index (χ0n) is 7.69. The van der Waals surface area contributed by atoms with Gasteiger partial charge in [-0.2, -0.15) is 5.10 Å². The van der Waals surface area contributed by atoms with Crippen molar-refractivity contribution >= 4 is 12.2 Å². The van der Waals surface area contributed by atoms with E-state index in [2.05, 4.69) is 10.2 Å². The van der Waals surface area contributed by atoms with Gasteiger partial charge in [0.25, 0.3) is 0 Å². The van der Waals surface area contributed by atoms with Crippen LogP contribution < -0.4 is 5.73 Å². The van der Waals surface area contributed by atoms with Gasteiger partial charge in [-0.25, -0.2) is 0 Å². The smallest absolute Gasteiger partial charge is 0.195 e. The summed E-state index contributed by atoms with van der Waals surface area (Å²) in [5.74, 6) is 0.600. The maximum absolute atomic E-state index is 9.28. The summed E-state index contributed by atoms with van der Waals surface area (Å²) in [6, 6.07) is -0.493. The van der Waals surface area contributed by atoms with Crippen LogP contribution in [0.1, 0.15) is 25.7 Å². The maximum atomic E-state index is 9.28. The molecule has 0 aromatic carbocycles. The molecule has 0 aliphatic rings. The van der Waals surface area contributed by atoms with Crippen LogP contribution in [0.4, 0.5) is 0 Å². The predicted octanol–water partition coefficient (Wildman–Crippen LogP) is 0.341. The predicted molar refractivity (Wildman–Crippen MR) is 51.7 cm³/mol. The second-order valence-corrected chi connectivity index (χ2v) is 3.28. The quantitative estimate of drug-likeness (QED) is 0.617. The molecule has 0 radical (unpaired) electrons. The van der Waals surface area contributed by atoms with Crippen molar-refractivity contribution in [3.8, 4) is 0 Å². The maximum Gasteiger partial charge on any atom is 0.195 e.